The number of halogens is 2. The molecule has 1 aliphatic carbocycles. The Bertz CT molecular complexity index is 925. The number of benzene rings is 1. The summed E-state index contributed by atoms with van der Waals surface area (Å²) in [6.45, 7) is 7.79. The van der Waals surface area contributed by atoms with Crippen LogP contribution in [0.25, 0.3) is 0 Å². The molecule has 1 aliphatic heterocycles. The van der Waals surface area contributed by atoms with E-state index in [2.05, 4.69) is 11.7 Å². The van der Waals surface area contributed by atoms with E-state index in [9.17, 15) is 13.6 Å². The third-order valence-electron chi connectivity index (χ3n) is 5.29. The Balaban J connectivity index is 2.07. The Morgan fingerprint density at radius 2 is 2.24 bits per heavy atom. The lowest BCUT2D eigenvalue weighted by molar-refractivity contribution is -0.132. The molecule has 1 heterocycles. The Morgan fingerprint density at radius 3 is 2.86 bits per heavy atom. The van der Waals surface area contributed by atoms with Gasteiger partial charge in [0.25, 0.3) is 0 Å². The van der Waals surface area contributed by atoms with Crippen LogP contribution in [0.2, 0.25) is 0 Å². The topological polar surface area (TPSA) is 58.7 Å². The van der Waals surface area contributed by atoms with Crippen molar-refractivity contribution in [2.45, 2.75) is 38.0 Å². The van der Waals surface area contributed by atoms with Gasteiger partial charge in [-0.05, 0) is 61.2 Å². The Morgan fingerprint density at radius 1 is 1.48 bits per heavy atom. The summed E-state index contributed by atoms with van der Waals surface area (Å²) in [6.07, 6.45) is 7.27. The summed E-state index contributed by atoms with van der Waals surface area (Å²) in [6, 6.07) is 3.37. The van der Waals surface area contributed by atoms with Crippen molar-refractivity contribution < 1.29 is 13.6 Å². The minimum absolute atomic E-state index is 0.0409. The number of nitrogens with zero attached hydrogens (tertiary/aromatic N) is 2. The average Bonchev–Trinajstić information content (AvgIpc) is 3.19. The fourth-order valence-corrected chi connectivity index (χ4v) is 5.76. The van der Waals surface area contributed by atoms with Gasteiger partial charge in [0.05, 0.1) is 0 Å². The van der Waals surface area contributed by atoms with Gasteiger partial charge in [0.1, 0.15) is 21.5 Å². The highest BCUT2D eigenvalue weighted by Crippen LogP contribution is 2.57. The van der Waals surface area contributed by atoms with Gasteiger partial charge in [-0.3, -0.25) is 4.79 Å². The van der Waals surface area contributed by atoms with E-state index >= 15 is 0 Å². The van der Waals surface area contributed by atoms with Gasteiger partial charge in [-0.2, -0.15) is 5.10 Å². The molecule has 1 aromatic rings. The molecule has 29 heavy (non-hydrogen) atoms. The highest BCUT2D eigenvalue weighted by atomic mass is 32.2. The number of hydrogen-bond acceptors (Lipinski definition) is 4. The molecule has 3 rings (SSSR count). The first-order valence-corrected chi connectivity index (χ1v) is 10.4. The Kier molecular flexibility index (Phi) is 6.39. The van der Waals surface area contributed by atoms with E-state index in [0.29, 0.717) is 18.0 Å². The molecule has 0 saturated carbocycles. The molecule has 0 fully saturated rings. The van der Waals surface area contributed by atoms with Crippen molar-refractivity contribution in [2.75, 3.05) is 6.54 Å². The summed E-state index contributed by atoms with van der Waals surface area (Å²) < 4.78 is 27.8. The van der Waals surface area contributed by atoms with Crippen molar-refractivity contribution in [1.29, 1.82) is 0 Å². The molecule has 4 nitrogen and oxygen atoms in total. The van der Waals surface area contributed by atoms with E-state index in [-0.39, 0.29) is 23.8 Å². The van der Waals surface area contributed by atoms with E-state index in [1.807, 2.05) is 25.2 Å². The quantitative estimate of drug-likeness (QED) is 0.739. The molecule has 7 heteroatoms. The summed E-state index contributed by atoms with van der Waals surface area (Å²) in [4.78, 5) is 11.8. The van der Waals surface area contributed by atoms with E-state index < -0.39 is 16.5 Å². The highest BCUT2D eigenvalue weighted by Gasteiger charge is 2.56. The lowest BCUT2D eigenvalue weighted by Crippen LogP contribution is -2.48. The fourth-order valence-electron chi connectivity index (χ4n) is 4.12. The maximum atomic E-state index is 14.2. The largest absolute Gasteiger partial charge is 0.330 e. The predicted molar refractivity (Wildman–Crippen MR) is 114 cm³/mol. The molecule has 154 valence electrons. The summed E-state index contributed by atoms with van der Waals surface area (Å²) in [5, 5.41) is 6.62. The van der Waals surface area contributed by atoms with Crippen molar-refractivity contribution in [1.82, 2.24) is 5.01 Å². The lowest BCUT2D eigenvalue weighted by atomic mass is 9.93. The van der Waals surface area contributed by atoms with Crippen LogP contribution in [-0.4, -0.2) is 27.4 Å². The van der Waals surface area contributed by atoms with Crippen molar-refractivity contribution in [3.63, 3.8) is 0 Å². The van der Waals surface area contributed by atoms with E-state index in [1.54, 1.807) is 0 Å². The number of allylic oxidation sites excluding steroid dienone is 3. The lowest BCUT2D eigenvalue weighted by Gasteiger charge is -2.38. The second kappa shape index (κ2) is 8.63. The maximum absolute atomic E-state index is 14.2. The number of thioether (sulfide) groups is 1. The van der Waals surface area contributed by atoms with Gasteiger partial charge in [0.2, 0.25) is 5.91 Å². The van der Waals surface area contributed by atoms with Crippen molar-refractivity contribution >= 4 is 22.7 Å². The van der Waals surface area contributed by atoms with Crippen LogP contribution in [0, 0.1) is 17.6 Å². The zero-order valence-electron chi connectivity index (χ0n) is 16.6. The van der Waals surface area contributed by atoms with Crippen LogP contribution in [0.4, 0.5) is 8.78 Å². The molecular formula is C22H25F2N3OS. The predicted octanol–water partition coefficient (Wildman–Crippen LogP) is 4.54. The molecule has 2 N–H and O–H groups in total. The number of carbonyl (C=O) groups excluding carboxylic acids is 1. The third-order valence-corrected chi connectivity index (χ3v) is 6.79. The zero-order valence-corrected chi connectivity index (χ0v) is 17.4. The third kappa shape index (κ3) is 3.81. The second-order valence-electron chi connectivity index (χ2n) is 7.16. The van der Waals surface area contributed by atoms with Crippen LogP contribution < -0.4 is 5.73 Å². The Labute approximate surface area is 174 Å². The first-order valence-electron chi connectivity index (χ1n) is 9.57. The van der Waals surface area contributed by atoms with Gasteiger partial charge >= 0.3 is 0 Å². The van der Waals surface area contributed by atoms with Gasteiger partial charge < -0.3 is 5.73 Å². The fraction of sp³-hybridized carbons (Fsp3) is 0.364. The molecule has 1 amide bonds. The molecule has 2 aliphatic rings. The van der Waals surface area contributed by atoms with E-state index in [4.69, 9.17) is 5.73 Å². The second-order valence-corrected chi connectivity index (χ2v) is 8.45. The van der Waals surface area contributed by atoms with Gasteiger partial charge in [-0.15, -0.1) is 0 Å². The van der Waals surface area contributed by atoms with Gasteiger partial charge in [-0.25, -0.2) is 13.8 Å². The van der Waals surface area contributed by atoms with Crippen LogP contribution in [0.3, 0.4) is 0 Å². The average molecular weight is 418 g/mol. The van der Waals surface area contributed by atoms with Crippen molar-refractivity contribution in [3.8, 4) is 0 Å². The molecule has 0 aromatic heterocycles. The van der Waals surface area contributed by atoms with E-state index in [1.165, 1.54) is 29.8 Å². The molecule has 2 atom stereocenters. The van der Waals surface area contributed by atoms with Crippen LogP contribution >= 0.6 is 11.8 Å². The van der Waals surface area contributed by atoms with Gasteiger partial charge in [0.15, 0.2) is 0 Å². The molecule has 1 spiro atoms. The van der Waals surface area contributed by atoms with Crippen molar-refractivity contribution in [3.05, 3.63) is 71.4 Å². The number of nitrogens with two attached hydrogens (primary N) is 1. The molecule has 0 radical (unpaired) electrons. The molecular weight excluding hydrogens is 392 g/mol. The summed E-state index contributed by atoms with van der Waals surface area (Å²) in [5.74, 6) is -1.17. The number of rotatable bonds is 6. The minimum atomic E-state index is -0.750. The first-order chi connectivity index (χ1) is 13.9. The number of carbonyl (C=O) groups is 1. The van der Waals surface area contributed by atoms with Crippen molar-refractivity contribution in [2.24, 2.45) is 16.8 Å². The monoisotopic (exact) mass is 417 g/mol. The summed E-state index contributed by atoms with van der Waals surface area (Å²) in [7, 11) is 0. The highest BCUT2D eigenvalue weighted by molar-refractivity contribution is 8.15. The minimum Gasteiger partial charge on any atom is -0.330 e. The van der Waals surface area contributed by atoms with Crippen LogP contribution in [0.5, 0.6) is 0 Å². The maximum Gasteiger partial charge on any atom is 0.241 e. The molecule has 2 unspecified atom stereocenters. The number of hydrazone groups is 1. The van der Waals surface area contributed by atoms with Gasteiger partial charge in [-0.1, -0.05) is 36.6 Å². The van der Waals surface area contributed by atoms with Crippen LogP contribution in [0.15, 0.2) is 59.3 Å². The SMILES string of the molecule is C=CC1=C(/C=C\C)C2(SC(Cc3cc(F)ccc3F)=NN2C(C)=O)C(CCN)C1. The van der Waals surface area contributed by atoms with Crippen LogP contribution in [-0.2, 0) is 11.2 Å². The Hall–Kier alpha value is -2.25. The van der Waals surface area contributed by atoms with Gasteiger partial charge in [0, 0.05) is 19.3 Å². The van der Waals surface area contributed by atoms with Crippen LogP contribution in [0.1, 0.15) is 32.3 Å². The number of hydrogen-bond donors (Lipinski definition) is 1. The standard InChI is InChI=1S/C22H25F2N3OS/c1-4-6-19-15(5-2)11-17(9-10-25)22(19)27(14(3)28)26-21(29-22)13-16-12-18(23)7-8-20(16)24/h4-8,12,17H,2,9-11,13,25H2,1,3H3/b6-4-. The first kappa shape index (κ1) is 21.5. The summed E-state index contributed by atoms with van der Waals surface area (Å²) in [5.41, 5.74) is 8.11. The molecule has 0 saturated heterocycles. The number of amides is 1. The molecule has 1 aromatic carbocycles. The molecule has 0 bridgehead atoms. The summed E-state index contributed by atoms with van der Waals surface area (Å²) >= 11 is 1.44. The normalized spacial score (nSPS) is 24.1. The smallest absolute Gasteiger partial charge is 0.241 e. The zero-order chi connectivity index (χ0) is 21.2. The van der Waals surface area contributed by atoms with E-state index in [0.717, 1.165) is 29.7 Å².